The van der Waals surface area contributed by atoms with Gasteiger partial charge in [-0.25, -0.2) is 0 Å². The molecule has 2 atom stereocenters. The summed E-state index contributed by atoms with van der Waals surface area (Å²) in [7, 11) is 2.06. The van der Waals surface area contributed by atoms with Gasteiger partial charge in [0.2, 0.25) is 0 Å². The number of likely N-dealkylation sites (tertiary alicyclic amines) is 1. The Bertz CT molecular complexity index is 203. The van der Waals surface area contributed by atoms with E-state index in [1.807, 2.05) is 6.08 Å². The first-order chi connectivity index (χ1) is 6.13. The summed E-state index contributed by atoms with van der Waals surface area (Å²) < 4.78 is 0. The largest absolute Gasteiger partial charge is 0.481 e. The van der Waals surface area contributed by atoms with Crippen LogP contribution in [-0.4, -0.2) is 36.1 Å². The van der Waals surface area contributed by atoms with Gasteiger partial charge in [0.15, 0.2) is 0 Å². The van der Waals surface area contributed by atoms with Crippen molar-refractivity contribution >= 4 is 5.97 Å². The van der Waals surface area contributed by atoms with Crippen molar-refractivity contribution in [1.82, 2.24) is 4.90 Å². The van der Waals surface area contributed by atoms with Crippen LogP contribution >= 0.6 is 0 Å². The molecule has 1 N–H and O–H groups in total. The maximum Gasteiger partial charge on any atom is 0.303 e. The molecule has 0 aromatic heterocycles. The Labute approximate surface area is 79.0 Å². The SMILES string of the molecule is C=CC1CN(C)CCC1CC(=O)O. The van der Waals surface area contributed by atoms with E-state index in [-0.39, 0.29) is 12.3 Å². The zero-order chi connectivity index (χ0) is 9.84. The number of rotatable bonds is 3. The first-order valence-electron chi connectivity index (χ1n) is 4.66. The van der Waals surface area contributed by atoms with Crippen molar-refractivity contribution in [3.63, 3.8) is 0 Å². The van der Waals surface area contributed by atoms with Crippen molar-refractivity contribution in [3.8, 4) is 0 Å². The second-order valence-corrected chi connectivity index (χ2v) is 3.81. The molecular formula is C10H17NO2. The van der Waals surface area contributed by atoms with Gasteiger partial charge in [-0.1, -0.05) is 6.08 Å². The van der Waals surface area contributed by atoms with Crippen molar-refractivity contribution in [2.75, 3.05) is 20.1 Å². The van der Waals surface area contributed by atoms with Gasteiger partial charge in [0.05, 0.1) is 0 Å². The lowest BCUT2D eigenvalue weighted by molar-refractivity contribution is -0.138. The second-order valence-electron chi connectivity index (χ2n) is 3.81. The third kappa shape index (κ3) is 2.84. The lowest BCUT2D eigenvalue weighted by Crippen LogP contribution is -2.37. The van der Waals surface area contributed by atoms with Gasteiger partial charge in [-0.05, 0) is 31.8 Å². The summed E-state index contributed by atoms with van der Waals surface area (Å²) in [6.07, 6.45) is 3.15. The Morgan fingerprint density at radius 2 is 2.46 bits per heavy atom. The van der Waals surface area contributed by atoms with Crippen molar-refractivity contribution in [2.45, 2.75) is 12.8 Å². The monoisotopic (exact) mass is 183 g/mol. The molecule has 0 bridgehead atoms. The standard InChI is InChI=1S/C10H17NO2/c1-3-8-7-11(2)5-4-9(8)6-10(12)13/h3,8-9H,1,4-7H2,2H3,(H,12,13). The van der Waals surface area contributed by atoms with Crippen LogP contribution in [0.1, 0.15) is 12.8 Å². The van der Waals surface area contributed by atoms with E-state index in [0.717, 1.165) is 19.5 Å². The summed E-state index contributed by atoms with van der Waals surface area (Å²) in [6, 6.07) is 0. The Balaban J connectivity index is 2.52. The molecule has 1 heterocycles. The van der Waals surface area contributed by atoms with Gasteiger partial charge in [-0.15, -0.1) is 6.58 Å². The van der Waals surface area contributed by atoms with Gasteiger partial charge in [-0.3, -0.25) is 4.79 Å². The topological polar surface area (TPSA) is 40.5 Å². The van der Waals surface area contributed by atoms with Crippen molar-refractivity contribution in [1.29, 1.82) is 0 Å². The molecule has 0 spiro atoms. The van der Waals surface area contributed by atoms with Crippen LogP contribution in [0.25, 0.3) is 0 Å². The molecule has 1 aliphatic rings. The van der Waals surface area contributed by atoms with E-state index in [9.17, 15) is 4.79 Å². The van der Waals surface area contributed by atoms with Crippen molar-refractivity contribution in [3.05, 3.63) is 12.7 Å². The third-order valence-electron chi connectivity index (χ3n) is 2.75. The van der Waals surface area contributed by atoms with E-state index in [0.29, 0.717) is 5.92 Å². The molecule has 1 fully saturated rings. The average Bonchev–Trinajstić information content (AvgIpc) is 2.07. The zero-order valence-electron chi connectivity index (χ0n) is 8.07. The summed E-state index contributed by atoms with van der Waals surface area (Å²) in [5.41, 5.74) is 0. The molecule has 1 aliphatic heterocycles. The minimum absolute atomic E-state index is 0.282. The fourth-order valence-corrected chi connectivity index (χ4v) is 1.95. The van der Waals surface area contributed by atoms with Gasteiger partial charge < -0.3 is 10.0 Å². The Kier molecular flexibility index (Phi) is 3.48. The minimum atomic E-state index is -0.693. The minimum Gasteiger partial charge on any atom is -0.481 e. The molecule has 0 aromatic carbocycles. The van der Waals surface area contributed by atoms with Gasteiger partial charge in [0.25, 0.3) is 0 Å². The summed E-state index contributed by atoms with van der Waals surface area (Å²) >= 11 is 0. The summed E-state index contributed by atoms with van der Waals surface area (Å²) in [5.74, 6) is -0.0672. The number of carboxylic acids is 1. The maximum absolute atomic E-state index is 10.6. The molecule has 0 radical (unpaired) electrons. The lowest BCUT2D eigenvalue weighted by atomic mass is 9.83. The molecule has 0 saturated carbocycles. The highest BCUT2D eigenvalue weighted by Gasteiger charge is 2.26. The third-order valence-corrected chi connectivity index (χ3v) is 2.75. The van der Waals surface area contributed by atoms with Gasteiger partial charge >= 0.3 is 5.97 Å². The number of piperidine rings is 1. The highest BCUT2D eigenvalue weighted by atomic mass is 16.4. The van der Waals surface area contributed by atoms with Gasteiger partial charge in [0.1, 0.15) is 0 Å². The maximum atomic E-state index is 10.6. The molecule has 1 rings (SSSR count). The molecule has 2 unspecified atom stereocenters. The van der Waals surface area contributed by atoms with Gasteiger partial charge in [0, 0.05) is 13.0 Å². The van der Waals surface area contributed by atoms with Crippen LogP contribution in [-0.2, 0) is 4.79 Å². The smallest absolute Gasteiger partial charge is 0.303 e. The number of aliphatic carboxylic acids is 1. The average molecular weight is 183 g/mol. The summed E-state index contributed by atoms with van der Waals surface area (Å²) in [5, 5.41) is 8.70. The molecule has 13 heavy (non-hydrogen) atoms. The van der Waals surface area contributed by atoms with Crippen LogP contribution in [0.4, 0.5) is 0 Å². The predicted molar refractivity (Wildman–Crippen MR) is 51.5 cm³/mol. The molecule has 0 amide bonds. The number of carbonyl (C=O) groups is 1. The van der Waals surface area contributed by atoms with E-state index in [4.69, 9.17) is 5.11 Å². The van der Waals surface area contributed by atoms with E-state index in [1.165, 1.54) is 0 Å². The van der Waals surface area contributed by atoms with Crippen LogP contribution in [0.5, 0.6) is 0 Å². The Hall–Kier alpha value is -0.830. The lowest BCUT2D eigenvalue weighted by Gasteiger charge is -2.34. The molecule has 0 aliphatic carbocycles. The fraction of sp³-hybridized carbons (Fsp3) is 0.700. The summed E-state index contributed by atoms with van der Waals surface area (Å²) in [4.78, 5) is 12.8. The predicted octanol–water partition coefficient (Wildman–Crippen LogP) is 1.21. The van der Waals surface area contributed by atoms with E-state index in [1.54, 1.807) is 0 Å². The first kappa shape index (κ1) is 10.3. The normalized spacial score (nSPS) is 29.9. The number of hydrogen-bond donors (Lipinski definition) is 1. The van der Waals surface area contributed by atoms with Crippen LogP contribution in [0.3, 0.4) is 0 Å². The molecule has 3 nitrogen and oxygen atoms in total. The molecule has 0 aromatic rings. The van der Waals surface area contributed by atoms with Crippen LogP contribution in [0.15, 0.2) is 12.7 Å². The molecule has 74 valence electrons. The van der Waals surface area contributed by atoms with Crippen molar-refractivity contribution < 1.29 is 9.90 Å². The van der Waals surface area contributed by atoms with E-state index < -0.39 is 5.97 Å². The molecule has 1 saturated heterocycles. The quantitative estimate of drug-likeness (QED) is 0.669. The van der Waals surface area contributed by atoms with Gasteiger partial charge in [-0.2, -0.15) is 0 Å². The van der Waals surface area contributed by atoms with E-state index in [2.05, 4.69) is 18.5 Å². The van der Waals surface area contributed by atoms with Crippen LogP contribution < -0.4 is 0 Å². The first-order valence-corrected chi connectivity index (χ1v) is 4.66. The Morgan fingerprint density at radius 1 is 1.77 bits per heavy atom. The highest BCUT2D eigenvalue weighted by molar-refractivity contribution is 5.67. The van der Waals surface area contributed by atoms with E-state index >= 15 is 0 Å². The second kappa shape index (κ2) is 4.42. The number of hydrogen-bond acceptors (Lipinski definition) is 2. The van der Waals surface area contributed by atoms with Crippen molar-refractivity contribution in [2.24, 2.45) is 11.8 Å². The highest BCUT2D eigenvalue weighted by Crippen LogP contribution is 2.26. The zero-order valence-corrected chi connectivity index (χ0v) is 8.07. The fourth-order valence-electron chi connectivity index (χ4n) is 1.95. The van der Waals surface area contributed by atoms with Crippen LogP contribution in [0.2, 0.25) is 0 Å². The Morgan fingerprint density at radius 3 is 3.00 bits per heavy atom. The summed E-state index contributed by atoms with van der Waals surface area (Å²) in [6.45, 7) is 5.70. The number of nitrogens with zero attached hydrogens (tertiary/aromatic N) is 1. The molecule has 3 heteroatoms. The van der Waals surface area contributed by atoms with Crippen LogP contribution in [0, 0.1) is 11.8 Å². The molecular weight excluding hydrogens is 166 g/mol. The number of carboxylic acid groups (broad SMARTS) is 1.